The summed E-state index contributed by atoms with van der Waals surface area (Å²) in [5, 5.41) is 0. The number of ether oxygens (including phenoxy) is 1. The van der Waals surface area contributed by atoms with Gasteiger partial charge in [0, 0.05) is 6.54 Å². The largest absolute Gasteiger partial charge is 0.496 e. The molecule has 0 saturated heterocycles. The molecule has 0 fully saturated rings. The molecule has 0 bridgehead atoms. The van der Waals surface area contributed by atoms with E-state index in [1.807, 2.05) is 19.9 Å². The molecule has 1 rings (SSSR count). The zero-order chi connectivity index (χ0) is 10.7. The third kappa shape index (κ3) is 2.04. The van der Waals surface area contributed by atoms with Gasteiger partial charge in [0.2, 0.25) is 0 Å². The molecule has 0 aliphatic rings. The Morgan fingerprint density at radius 1 is 1.36 bits per heavy atom. The van der Waals surface area contributed by atoms with Gasteiger partial charge in [0.25, 0.3) is 0 Å². The van der Waals surface area contributed by atoms with E-state index in [0.29, 0.717) is 5.56 Å². The smallest absolute Gasteiger partial charge is 0.138 e. The lowest BCUT2D eigenvalue weighted by Gasteiger charge is -2.13. The van der Waals surface area contributed by atoms with Crippen LogP contribution < -0.4 is 10.5 Å². The molecule has 0 radical (unpaired) electrons. The molecule has 1 aromatic carbocycles. The number of alkyl halides is 1. The molecule has 0 aliphatic carbocycles. The predicted molar refractivity (Wildman–Crippen MR) is 55.4 cm³/mol. The standard InChI is InChI=1S/C11H16FNO/c1-7-5-11(14-3)8(2)4-9(7)10(12)6-13/h4-5,10H,6,13H2,1-3H3. The van der Waals surface area contributed by atoms with Crippen LogP contribution in [-0.4, -0.2) is 13.7 Å². The first-order chi connectivity index (χ1) is 6.60. The van der Waals surface area contributed by atoms with E-state index in [0.717, 1.165) is 16.9 Å². The van der Waals surface area contributed by atoms with Crippen LogP contribution in [0.4, 0.5) is 4.39 Å². The van der Waals surface area contributed by atoms with Gasteiger partial charge in [0.15, 0.2) is 0 Å². The number of rotatable bonds is 3. The van der Waals surface area contributed by atoms with Crippen LogP contribution in [0.15, 0.2) is 12.1 Å². The molecule has 2 N–H and O–H groups in total. The van der Waals surface area contributed by atoms with Crippen LogP contribution in [0.5, 0.6) is 5.75 Å². The van der Waals surface area contributed by atoms with Crippen molar-refractivity contribution < 1.29 is 9.13 Å². The van der Waals surface area contributed by atoms with E-state index in [4.69, 9.17) is 10.5 Å². The fraction of sp³-hybridized carbons (Fsp3) is 0.455. The van der Waals surface area contributed by atoms with Gasteiger partial charge < -0.3 is 10.5 Å². The number of hydrogen-bond donors (Lipinski definition) is 1. The molecule has 0 spiro atoms. The van der Waals surface area contributed by atoms with Gasteiger partial charge in [0.05, 0.1) is 7.11 Å². The molecular formula is C11H16FNO. The molecule has 0 saturated carbocycles. The van der Waals surface area contributed by atoms with Crippen molar-refractivity contribution in [1.29, 1.82) is 0 Å². The molecular weight excluding hydrogens is 181 g/mol. The SMILES string of the molecule is COc1cc(C)c(C(F)CN)cc1C. The third-order valence-corrected chi connectivity index (χ3v) is 2.33. The van der Waals surface area contributed by atoms with E-state index in [-0.39, 0.29) is 6.54 Å². The van der Waals surface area contributed by atoms with Crippen molar-refractivity contribution in [3.8, 4) is 5.75 Å². The maximum Gasteiger partial charge on any atom is 0.138 e. The Hall–Kier alpha value is -1.09. The van der Waals surface area contributed by atoms with Crippen LogP contribution >= 0.6 is 0 Å². The summed E-state index contributed by atoms with van der Waals surface area (Å²) in [5.74, 6) is 0.787. The van der Waals surface area contributed by atoms with Gasteiger partial charge in [-0.2, -0.15) is 0 Å². The van der Waals surface area contributed by atoms with Crippen LogP contribution in [0.25, 0.3) is 0 Å². The molecule has 2 nitrogen and oxygen atoms in total. The number of hydrogen-bond acceptors (Lipinski definition) is 2. The number of aryl methyl sites for hydroxylation is 2. The minimum atomic E-state index is -1.08. The minimum Gasteiger partial charge on any atom is -0.496 e. The molecule has 0 amide bonds. The highest BCUT2D eigenvalue weighted by Crippen LogP contribution is 2.27. The molecule has 0 aliphatic heterocycles. The lowest BCUT2D eigenvalue weighted by molar-refractivity contribution is 0.350. The maximum absolute atomic E-state index is 13.4. The minimum absolute atomic E-state index is 0.0204. The number of nitrogens with two attached hydrogens (primary N) is 1. The summed E-state index contributed by atoms with van der Waals surface area (Å²) in [6.45, 7) is 3.77. The Labute approximate surface area is 83.9 Å². The Morgan fingerprint density at radius 3 is 2.50 bits per heavy atom. The first-order valence-corrected chi connectivity index (χ1v) is 4.59. The zero-order valence-corrected chi connectivity index (χ0v) is 8.80. The molecule has 1 aromatic rings. The molecule has 0 heterocycles. The summed E-state index contributed by atoms with van der Waals surface area (Å²) in [4.78, 5) is 0. The second kappa shape index (κ2) is 4.42. The lowest BCUT2D eigenvalue weighted by Crippen LogP contribution is -2.09. The maximum atomic E-state index is 13.4. The molecule has 1 atom stereocenters. The highest BCUT2D eigenvalue weighted by atomic mass is 19.1. The second-order valence-electron chi connectivity index (χ2n) is 3.38. The first-order valence-electron chi connectivity index (χ1n) is 4.59. The fourth-order valence-electron chi connectivity index (χ4n) is 1.50. The van der Waals surface area contributed by atoms with Crippen LogP contribution in [0.3, 0.4) is 0 Å². The van der Waals surface area contributed by atoms with Gasteiger partial charge in [-0.1, -0.05) is 0 Å². The summed E-state index contributed by atoms with van der Waals surface area (Å²) in [6, 6.07) is 3.64. The fourth-order valence-corrected chi connectivity index (χ4v) is 1.50. The van der Waals surface area contributed by atoms with Crippen molar-refractivity contribution in [2.24, 2.45) is 5.73 Å². The second-order valence-corrected chi connectivity index (χ2v) is 3.38. The Bertz CT molecular complexity index is 325. The van der Waals surface area contributed by atoms with Crippen LogP contribution in [0.1, 0.15) is 22.9 Å². The van der Waals surface area contributed by atoms with Gasteiger partial charge >= 0.3 is 0 Å². The third-order valence-electron chi connectivity index (χ3n) is 2.33. The van der Waals surface area contributed by atoms with E-state index < -0.39 is 6.17 Å². The quantitative estimate of drug-likeness (QED) is 0.806. The summed E-state index contributed by atoms with van der Waals surface area (Å²) >= 11 is 0. The van der Waals surface area contributed by atoms with Crippen LogP contribution in [-0.2, 0) is 0 Å². The molecule has 78 valence electrons. The Kier molecular flexibility index (Phi) is 3.47. The monoisotopic (exact) mass is 197 g/mol. The zero-order valence-electron chi connectivity index (χ0n) is 8.80. The highest BCUT2D eigenvalue weighted by molar-refractivity contribution is 5.42. The molecule has 14 heavy (non-hydrogen) atoms. The number of halogens is 1. The van der Waals surface area contributed by atoms with Crippen molar-refractivity contribution in [3.63, 3.8) is 0 Å². The summed E-state index contributed by atoms with van der Waals surface area (Å²) in [5.41, 5.74) is 7.76. The Balaban J connectivity index is 3.14. The Morgan fingerprint density at radius 2 is 2.00 bits per heavy atom. The number of benzene rings is 1. The van der Waals surface area contributed by atoms with Crippen molar-refractivity contribution >= 4 is 0 Å². The van der Waals surface area contributed by atoms with Gasteiger partial charge in [-0.3, -0.25) is 0 Å². The van der Waals surface area contributed by atoms with Crippen LogP contribution in [0, 0.1) is 13.8 Å². The topological polar surface area (TPSA) is 35.2 Å². The highest BCUT2D eigenvalue weighted by Gasteiger charge is 2.12. The van der Waals surface area contributed by atoms with E-state index in [1.165, 1.54) is 0 Å². The summed E-state index contributed by atoms with van der Waals surface area (Å²) in [7, 11) is 1.61. The van der Waals surface area contributed by atoms with Gasteiger partial charge in [-0.05, 0) is 42.7 Å². The van der Waals surface area contributed by atoms with Crippen molar-refractivity contribution in [1.82, 2.24) is 0 Å². The van der Waals surface area contributed by atoms with E-state index in [1.54, 1.807) is 13.2 Å². The van der Waals surface area contributed by atoms with Crippen molar-refractivity contribution in [2.75, 3.05) is 13.7 Å². The lowest BCUT2D eigenvalue weighted by atomic mass is 10.0. The van der Waals surface area contributed by atoms with Gasteiger partial charge in [-0.15, -0.1) is 0 Å². The van der Waals surface area contributed by atoms with Crippen molar-refractivity contribution in [2.45, 2.75) is 20.0 Å². The van der Waals surface area contributed by atoms with E-state index >= 15 is 0 Å². The average molecular weight is 197 g/mol. The predicted octanol–water partition coefficient (Wildman–Crippen LogP) is 2.28. The van der Waals surface area contributed by atoms with Crippen molar-refractivity contribution in [3.05, 3.63) is 28.8 Å². The average Bonchev–Trinajstić information content (AvgIpc) is 2.19. The summed E-state index contributed by atoms with van der Waals surface area (Å²) < 4.78 is 18.5. The van der Waals surface area contributed by atoms with Gasteiger partial charge in [-0.25, -0.2) is 4.39 Å². The molecule has 3 heteroatoms. The van der Waals surface area contributed by atoms with E-state index in [2.05, 4.69) is 0 Å². The first kappa shape index (κ1) is 11.0. The van der Waals surface area contributed by atoms with E-state index in [9.17, 15) is 4.39 Å². The van der Waals surface area contributed by atoms with Gasteiger partial charge in [0.1, 0.15) is 11.9 Å². The normalized spacial score (nSPS) is 12.6. The molecule has 0 aromatic heterocycles. The van der Waals surface area contributed by atoms with Crippen LogP contribution in [0.2, 0.25) is 0 Å². The summed E-state index contributed by atoms with van der Waals surface area (Å²) in [6.07, 6.45) is -1.08. The number of methoxy groups -OCH3 is 1. The molecule has 1 unspecified atom stereocenters.